The number of carbonyl (C=O) groups excluding carboxylic acids is 1. The van der Waals surface area contributed by atoms with Crippen molar-refractivity contribution in [3.05, 3.63) is 90.1 Å². The predicted octanol–water partition coefficient (Wildman–Crippen LogP) is 4.70. The molecule has 6 rings (SSSR count). The number of anilines is 1. The molecule has 1 aliphatic rings. The largest absolute Gasteiger partial charge is 0.379 e. The molecule has 1 fully saturated rings. The van der Waals surface area contributed by atoms with Gasteiger partial charge in [-0.3, -0.25) is 14.8 Å². The lowest BCUT2D eigenvalue weighted by atomic mass is 9.99. The van der Waals surface area contributed by atoms with Crippen molar-refractivity contribution in [3.63, 3.8) is 0 Å². The number of aromatic nitrogens is 4. The molecule has 36 heavy (non-hydrogen) atoms. The van der Waals surface area contributed by atoms with Crippen LogP contribution in [0.4, 0.5) is 5.69 Å². The van der Waals surface area contributed by atoms with E-state index < -0.39 is 0 Å². The molecule has 0 aliphatic carbocycles. The number of nitrogens with zero attached hydrogens (tertiary/aromatic N) is 3. The molecule has 180 valence electrons. The Hall–Kier alpha value is -4.27. The SMILES string of the molecule is O=C(Nc1c[nH]nc1-c1nc2cc(CN3CCOCC3)ccc2[nH]1)c1ccccc1-c1ccccc1. The lowest BCUT2D eigenvalue weighted by Gasteiger charge is -2.26. The number of nitrogens with one attached hydrogen (secondary N) is 3. The third-order valence-corrected chi connectivity index (χ3v) is 6.43. The van der Waals surface area contributed by atoms with Crippen LogP contribution in [0.2, 0.25) is 0 Å². The van der Waals surface area contributed by atoms with Gasteiger partial charge >= 0.3 is 0 Å². The molecular formula is C28H26N6O2. The van der Waals surface area contributed by atoms with Crippen LogP contribution in [0.15, 0.2) is 79.0 Å². The van der Waals surface area contributed by atoms with Gasteiger partial charge in [-0.15, -0.1) is 0 Å². The summed E-state index contributed by atoms with van der Waals surface area (Å²) in [6.45, 7) is 4.30. The minimum Gasteiger partial charge on any atom is -0.379 e. The van der Waals surface area contributed by atoms with Crippen LogP contribution in [0.1, 0.15) is 15.9 Å². The Labute approximate surface area is 208 Å². The summed E-state index contributed by atoms with van der Waals surface area (Å²) < 4.78 is 5.45. The number of hydrogen-bond acceptors (Lipinski definition) is 5. The van der Waals surface area contributed by atoms with E-state index in [9.17, 15) is 4.79 Å². The molecule has 0 bridgehead atoms. The second-order valence-corrected chi connectivity index (χ2v) is 8.84. The van der Waals surface area contributed by atoms with Crippen LogP contribution in [0.25, 0.3) is 33.7 Å². The minimum atomic E-state index is -0.207. The maximum absolute atomic E-state index is 13.3. The first-order valence-corrected chi connectivity index (χ1v) is 12.0. The molecule has 1 aliphatic heterocycles. The fourth-order valence-electron chi connectivity index (χ4n) is 4.59. The first-order chi connectivity index (χ1) is 17.7. The second kappa shape index (κ2) is 9.77. The Balaban J connectivity index is 1.25. The average molecular weight is 479 g/mol. The lowest BCUT2D eigenvalue weighted by Crippen LogP contribution is -2.35. The van der Waals surface area contributed by atoms with Gasteiger partial charge in [0.05, 0.1) is 29.9 Å². The highest BCUT2D eigenvalue weighted by Gasteiger charge is 2.19. The fourth-order valence-corrected chi connectivity index (χ4v) is 4.59. The van der Waals surface area contributed by atoms with E-state index in [1.165, 1.54) is 5.56 Å². The molecule has 1 amide bonds. The number of carbonyl (C=O) groups is 1. The van der Waals surface area contributed by atoms with E-state index in [4.69, 9.17) is 9.72 Å². The molecule has 2 aromatic heterocycles. The Morgan fingerprint density at radius 2 is 1.81 bits per heavy atom. The molecule has 0 unspecified atom stereocenters. The molecule has 3 aromatic carbocycles. The van der Waals surface area contributed by atoms with E-state index in [2.05, 4.69) is 37.5 Å². The summed E-state index contributed by atoms with van der Waals surface area (Å²) in [5.41, 5.74) is 6.57. The van der Waals surface area contributed by atoms with Gasteiger partial charge in [0.2, 0.25) is 0 Å². The van der Waals surface area contributed by atoms with Crippen LogP contribution in [0.5, 0.6) is 0 Å². The topological polar surface area (TPSA) is 98.9 Å². The van der Waals surface area contributed by atoms with E-state index in [1.54, 1.807) is 6.20 Å². The van der Waals surface area contributed by atoms with Crippen molar-refractivity contribution < 1.29 is 9.53 Å². The van der Waals surface area contributed by atoms with Crippen molar-refractivity contribution in [2.24, 2.45) is 0 Å². The Morgan fingerprint density at radius 1 is 1.00 bits per heavy atom. The number of imidazole rings is 1. The van der Waals surface area contributed by atoms with Gasteiger partial charge < -0.3 is 15.0 Å². The van der Waals surface area contributed by atoms with E-state index >= 15 is 0 Å². The number of H-pyrrole nitrogens is 2. The summed E-state index contributed by atoms with van der Waals surface area (Å²) in [6.07, 6.45) is 1.68. The van der Waals surface area contributed by atoms with E-state index in [-0.39, 0.29) is 5.91 Å². The van der Waals surface area contributed by atoms with Crippen molar-refractivity contribution in [3.8, 4) is 22.6 Å². The number of morpholine rings is 1. The summed E-state index contributed by atoms with van der Waals surface area (Å²) in [5, 5.41) is 10.3. The number of hydrogen-bond donors (Lipinski definition) is 3. The highest BCUT2D eigenvalue weighted by Crippen LogP contribution is 2.28. The van der Waals surface area contributed by atoms with Gasteiger partial charge in [-0.2, -0.15) is 5.10 Å². The van der Waals surface area contributed by atoms with Crippen molar-refractivity contribution >= 4 is 22.6 Å². The molecule has 8 nitrogen and oxygen atoms in total. The zero-order chi connectivity index (χ0) is 24.3. The highest BCUT2D eigenvalue weighted by molar-refractivity contribution is 6.09. The Kier molecular flexibility index (Phi) is 6.03. The van der Waals surface area contributed by atoms with Crippen LogP contribution in [-0.4, -0.2) is 57.3 Å². The first-order valence-electron chi connectivity index (χ1n) is 12.0. The number of aromatic amines is 2. The maximum Gasteiger partial charge on any atom is 0.256 e. The molecule has 3 heterocycles. The molecule has 0 atom stereocenters. The first kappa shape index (κ1) is 22.2. The number of amides is 1. The number of benzene rings is 3. The molecule has 0 spiro atoms. The molecule has 0 radical (unpaired) electrons. The third kappa shape index (κ3) is 4.51. The van der Waals surface area contributed by atoms with Crippen LogP contribution in [0, 0.1) is 0 Å². The number of fused-ring (bicyclic) bond motifs is 1. The maximum atomic E-state index is 13.3. The second-order valence-electron chi connectivity index (χ2n) is 8.84. The average Bonchev–Trinajstić information content (AvgIpc) is 3.56. The smallest absolute Gasteiger partial charge is 0.256 e. The number of ether oxygens (including phenoxy) is 1. The van der Waals surface area contributed by atoms with Crippen LogP contribution < -0.4 is 5.32 Å². The van der Waals surface area contributed by atoms with Crippen LogP contribution >= 0.6 is 0 Å². The van der Waals surface area contributed by atoms with Crippen molar-refractivity contribution in [2.75, 3.05) is 31.6 Å². The van der Waals surface area contributed by atoms with Crippen molar-refractivity contribution in [1.29, 1.82) is 0 Å². The van der Waals surface area contributed by atoms with Crippen LogP contribution in [-0.2, 0) is 11.3 Å². The number of rotatable bonds is 6. The van der Waals surface area contributed by atoms with Gasteiger partial charge in [0.15, 0.2) is 11.5 Å². The summed E-state index contributed by atoms with van der Waals surface area (Å²) in [5.74, 6) is 0.391. The lowest BCUT2D eigenvalue weighted by molar-refractivity contribution is 0.0342. The summed E-state index contributed by atoms with van der Waals surface area (Å²) in [6, 6.07) is 23.7. The standard InChI is InChI=1S/C28H26N6O2/c35-28(22-9-5-4-8-21(22)20-6-2-1-3-7-20)32-25-17-29-33-26(25)27-30-23-11-10-19(16-24(23)31-27)18-34-12-14-36-15-13-34/h1-11,16-17H,12-15,18H2,(H,29,33)(H,30,31)(H,32,35). The summed E-state index contributed by atoms with van der Waals surface area (Å²) in [4.78, 5) is 23.8. The third-order valence-electron chi connectivity index (χ3n) is 6.43. The van der Waals surface area contributed by atoms with Crippen molar-refractivity contribution in [2.45, 2.75) is 6.54 Å². The Bertz CT molecular complexity index is 1500. The van der Waals surface area contributed by atoms with Gasteiger partial charge in [-0.25, -0.2) is 4.98 Å². The van der Waals surface area contributed by atoms with Crippen LogP contribution in [0.3, 0.4) is 0 Å². The van der Waals surface area contributed by atoms with Gasteiger partial charge in [0.25, 0.3) is 5.91 Å². The zero-order valence-corrected chi connectivity index (χ0v) is 19.7. The predicted molar refractivity (Wildman–Crippen MR) is 140 cm³/mol. The van der Waals surface area contributed by atoms with Gasteiger partial charge in [0, 0.05) is 31.4 Å². The van der Waals surface area contributed by atoms with Gasteiger partial charge in [-0.05, 0) is 34.9 Å². The van der Waals surface area contributed by atoms with Gasteiger partial charge in [0.1, 0.15) is 0 Å². The normalized spacial score (nSPS) is 14.2. The molecule has 1 saturated heterocycles. The van der Waals surface area contributed by atoms with E-state index in [0.29, 0.717) is 22.8 Å². The quantitative estimate of drug-likeness (QED) is 0.328. The highest BCUT2D eigenvalue weighted by atomic mass is 16.5. The van der Waals surface area contributed by atoms with Crippen molar-refractivity contribution in [1.82, 2.24) is 25.1 Å². The summed E-state index contributed by atoms with van der Waals surface area (Å²) in [7, 11) is 0. The van der Waals surface area contributed by atoms with Gasteiger partial charge in [-0.1, -0.05) is 54.6 Å². The minimum absolute atomic E-state index is 0.207. The molecule has 0 saturated carbocycles. The fraction of sp³-hybridized carbons (Fsp3) is 0.179. The summed E-state index contributed by atoms with van der Waals surface area (Å²) >= 11 is 0. The zero-order valence-electron chi connectivity index (χ0n) is 19.7. The molecule has 8 heteroatoms. The molecular weight excluding hydrogens is 452 g/mol. The molecule has 3 N–H and O–H groups in total. The monoisotopic (exact) mass is 478 g/mol. The van der Waals surface area contributed by atoms with E-state index in [1.807, 2.05) is 60.7 Å². The molecule has 5 aromatic rings. The van der Waals surface area contributed by atoms with E-state index in [0.717, 1.165) is 55.0 Å². The Morgan fingerprint density at radius 3 is 2.67 bits per heavy atom.